The molecule has 3 nitrogen and oxygen atoms in total. The first-order valence-corrected chi connectivity index (χ1v) is 4.85. The fraction of sp³-hybridized carbons (Fsp3) is 0.0833. The second kappa shape index (κ2) is 3.07. The lowest BCUT2D eigenvalue weighted by molar-refractivity contribution is 0.668. The van der Waals surface area contributed by atoms with E-state index in [2.05, 4.69) is 4.98 Å². The highest BCUT2D eigenvalue weighted by atomic mass is 16.3. The summed E-state index contributed by atoms with van der Waals surface area (Å²) in [6, 6.07) is 9.80. The second-order valence-electron chi connectivity index (χ2n) is 3.43. The van der Waals surface area contributed by atoms with E-state index in [1.165, 1.54) is 0 Å². The van der Waals surface area contributed by atoms with Crippen LogP contribution in [0.25, 0.3) is 21.9 Å². The lowest BCUT2D eigenvalue weighted by Gasteiger charge is -1.96. The summed E-state index contributed by atoms with van der Waals surface area (Å²) in [4.78, 5) is 4.26. The molecule has 0 aliphatic rings. The standard InChI is InChI=1S/C12H10N2O/c13-7-9-12-8-3-1-2-4-10(8)15-11(12)5-6-14-9/h1-6H,7,13H2. The van der Waals surface area contributed by atoms with Crippen molar-refractivity contribution >= 4 is 21.9 Å². The van der Waals surface area contributed by atoms with Crippen molar-refractivity contribution in [1.82, 2.24) is 4.98 Å². The van der Waals surface area contributed by atoms with E-state index in [1.54, 1.807) is 6.20 Å². The fourth-order valence-corrected chi connectivity index (χ4v) is 1.89. The maximum atomic E-state index is 5.70. The summed E-state index contributed by atoms with van der Waals surface area (Å²) in [7, 11) is 0. The number of para-hydroxylation sites is 1. The summed E-state index contributed by atoms with van der Waals surface area (Å²) in [6.07, 6.45) is 1.73. The average molecular weight is 198 g/mol. The van der Waals surface area contributed by atoms with E-state index < -0.39 is 0 Å². The van der Waals surface area contributed by atoms with Crippen LogP contribution in [-0.4, -0.2) is 4.98 Å². The molecule has 3 heteroatoms. The van der Waals surface area contributed by atoms with Crippen LogP contribution in [0.1, 0.15) is 5.69 Å². The number of aromatic nitrogens is 1. The Bertz CT molecular complexity index is 628. The number of benzene rings is 1. The molecule has 0 atom stereocenters. The third-order valence-corrected chi connectivity index (χ3v) is 2.56. The van der Waals surface area contributed by atoms with Crippen molar-refractivity contribution in [2.24, 2.45) is 5.73 Å². The molecule has 0 unspecified atom stereocenters. The Morgan fingerprint density at radius 1 is 1.13 bits per heavy atom. The molecule has 74 valence electrons. The number of furan rings is 1. The van der Waals surface area contributed by atoms with E-state index in [0.717, 1.165) is 27.6 Å². The Morgan fingerprint density at radius 2 is 2.00 bits per heavy atom. The molecule has 3 aromatic rings. The SMILES string of the molecule is NCc1nccc2oc3ccccc3c12. The molecule has 0 saturated heterocycles. The van der Waals surface area contributed by atoms with Gasteiger partial charge in [0.2, 0.25) is 0 Å². The molecular formula is C12H10N2O. The van der Waals surface area contributed by atoms with Crippen LogP contribution in [0.4, 0.5) is 0 Å². The predicted molar refractivity (Wildman–Crippen MR) is 59.4 cm³/mol. The van der Waals surface area contributed by atoms with Gasteiger partial charge < -0.3 is 10.2 Å². The quantitative estimate of drug-likeness (QED) is 0.653. The Balaban J connectivity index is 2.56. The van der Waals surface area contributed by atoms with E-state index in [1.807, 2.05) is 30.3 Å². The predicted octanol–water partition coefficient (Wildman–Crippen LogP) is 2.44. The minimum absolute atomic E-state index is 0.431. The van der Waals surface area contributed by atoms with Crippen molar-refractivity contribution in [3.63, 3.8) is 0 Å². The second-order valence-corrected chi connectivity index (χ2v) is 3.43. The zero-order valence-electron chi connectivity index (χ0n) is 8.10. The zero-order valence-corrected chi connectivity index (χ0v) is 8.10. The minimum Gasteiger partial charge on any atom is -0.456 e. The molecule has 3 rings (SSSR count). The first kappa shape index (κ1) is 8.44. The topological polar surface area (TPSA) is 52.0 Å². The van der Waals surface area contributed by atoms with Gasteiger partial charge in [0.05, 0.1) is 11.1 Å². The maximum absolute atomic E-state index is 5.70. The molecule has 0 amide bonds. The Hall–Kier alpha value is -1.87. The summed E-state index contributed by atoms with van der Waals surface area (Å²) in [5, 5.41) is 2.12. The highest BCUT2D eigenvalue weighted by molar-refractivity contribution is 6.05. The third-order valence-electron chi connectivity index (χ3n) is 2.56. The highest BCUT2D eigenvalue weighted by Crippen LogP contribution is 2.29. The number of hydrogen-bond acceptors (Lipinski definition) is 3. The van der Waals surface area contributed by atoms with Gasteiger partial charge in [-0.25, -0.2) is 0 Å². The van der Waals surface area contributed by atoms with Crippen LogP contribution in [0.5, 0.6) is 0 Å². The van der Waals surface area contributed by atoms with Crippen LogP contribution in [0.2, 0.25) is 0 Å². The van der Waals surface area contributed by atoms with Crippen LogP contribution in [0.15, 0.2) is 40.9 Å². The number of nitrogens with zero attached hydrogens (tertiary/aromatic N) is 1. The molecule has 15 heavy (non-hydrogen) atoms. The molecule has 2 heterocycles. The Morgan fingerprint density at radius 3 is 2.87 bits per heavy atom. The molecule has 1 aromatic carbocycles. The van der Waals surface area contributed by atoms with Gasteiger partial charge in [0.15, 0.2) is 0 Å². The number of nitrogens with two attached hydrogens (primary N) is 1. The van der Waals surface area contributed by atoms with Crippen molar-refractivity contribution in [2.75, 3.05) is 0 Å². The average Bonchev–Trinajstić information content (AvgIpc) is 2.67. The van der Waals surface area contributed by atoms with E-state index in [9.17, 15) is 0 Å². The van der Waals surface area contributed by atoms with Gasteiger partial charge in [0.1, 0.15) is 11.2 Å². The van der Waals surface area contributed by atoms with Crippen molar-refractivity contribution in [2.45, 2.75) is 6.54 Å². The van der Waals surface area contributed by atoms with E-state index >= 15 is 0 Å². The van der Waals surface area contributed by atoms with Gasteiger partial charge in [-0.15, -0.1) is 0 Å². The molecule has 0 aliphatic carbocycles. The lowest BCUT2D eigenvalue weighted by atomic mass is 10.1. The summed E-state index contributed by atoms with van der Waals surface area (Å²) < 4.78 is 5.70. The maximum Gasteiger partial charge on any atom is 0.138 e. The van der Waals surface area contributed by atoms with Crippen molar-refractivity contribution in [1.29, 1.82) is 0 Å². The smallest absolute Gasteiger partial charge is 0.138 e. The molecule has 0 fully saturated rings. The van der Waals surface area contributed by atoms with Crippen molar-refractivity contribution in [3.05, 3.63) is 42.2 Å². The van der Waals surface area contributed by atoms with E-state index in [-0.39, 0.29) is 0 Å². The molecule has 0 aliphatic heterocycles. The highest BCUT2D eigenvalue weighted by Gasteiger charge is 2.09. The molecule has 2 N–H and O–H groups in total. The number of rotatable bonds is 1. The van der Waals surface area contributed by atoms with Gasteiger partial charge in [0.25, 0.3) is 0 Å². The molecule has 2 aromatic heterocycles. The summed E-state index contributed by atoms with van der Waals surface area (Å²) in [5.74, 6) is 0. The monoisotopic (exact) mass is 198 g/mol. The van der Waals surface area contributed by atoms with E-state index in [0.29, 0.717) is 6.54 Å². The summed E-state index contributed by atoms with van der Waals surface area (Å²) in [5.41, 5.74) is 8.29. The minimum atomic E-state index is 0.431. The lowest BCUT2D eigenvalue weighted by Crippen LogP contribution is -1.99. The van der Waals surface area contributed by atoms with Crippen LogP contribution in [0.3, 0.4) is 0 Å². The van der Waals surface area contributed by atoms with E-state index in [4.69, 9.17) is 10.2 Å². The number of fused-ring (bicyclic) bond motifs is 3. The molecular weight excluding hydrogens is 188 g/mol. The van der Waals surface area contributed by atoms with Crippen LogP contribution in [-0.2, 0) is 6.54 Å². The first-order chi connectivity index (χ1) is 7.40. The largest absolute Gasteiger partial charge is 0.456 e. The normalized spacial score (nSPS) is 11.3. The van der Waals surface area contributed by atoms with Gasteiger partial charge >= 0.3 is 0 Å². The van der Waals surface area contributed by atoms with Gasteiger partial charge in [-0.1, -0.05) is 18.2 Å². The third kappa shape index (κ3) is 1.13. The Labute approximate surface area is 86.5 Å². The van der Waals surface area contributed by atoms with Crippen LogP contribution in [0, 0.1) is 0 Å². The first-order valence-electron chi connectivity index (χ1n) is 4.85. The van der Waals surface area contributed by atoms with Crippen LogP contribution < -0.4 is 5.73 Å². The van der Waals surface area contributed by atoms with Gasteiger partial charge in [-0.05, 0) is 12.1 Å². The van der Waals surface area contributed by atoms with Gasteiger partial charge in [-0.2, -0.15) is 0 Å². The van der Waals surface area contributed by atoms with Crippen molar-refractivity contribution in [3.8, 4) is 0 Å². The molecule has 0 spiro atoms. The number of pyridine rings is 1. The summed E-state index contributed by atoms with van der Waals surface area (Å²) in [6.45, 7) is 0.431. The van der Waals surface area contributed by atoms with Gasteiger partial charge in [-0.3, -0.25) is 4.98 Å². The fourth-order valence-electron chi connectivity index (χ4n) is 1.89. The molecule has 0 saturated carbocycles. The summed E-state index contributed by atoms with van der Waals surface area (Å²) >= 11 is 0. The Kier molecular flexibility index (Phi) is 1.73. The molecule has 0 radical (unpaired) electrons. The molecule has 0 bridgehead atoms. The number of hydrogen-bond donors (Lipinski definition) is 1. The van der Waals surface area contributed by atoms with Crippen LogP contribution >= 0.6 is 0 Å². The van der Waals surface area contributed by atoms with Gasteiger partial charge in [0, 0.05) is 18.1 Å². The zero-order chi connectivity index (χ0) is 10.3. The van der Waals surface area contributed by atoms with Crippen molar-refractivity contribution < 1.29 is 4.42 Å².